The van der Waals surface area contributed by atoms with Crippen LogP contribution < -0.4 is 5.73 Å². The van der Waals surface area contributed by atoms with Gasteiger partial charge < -0.3 is 10.3 Å². The Bertz CT molecular complexity index is 603. The molecule has 3 aromatic heterocycles. The molecule has 0 aromatic carbocycles. The van der Waals surface area contributed by atoms with Crippen molar-refractivity contribution < 1.29 is 0 Å². The fourth-order valence-electron chi connectivity index (χ4n) is 2.01. The van der Waals surface area contributed by atoms with Gasteiger partial charge in [0.2, 0.25) is 0 Å². The average molecular weight is 246 g/mol. The molecule has 0 saturated carbocycles. The van der Waals surface area contributed by atoms with E-state index in [1.165, 1.54) is 0 Å². The monoisotopic (exact) mass is 246 g/mol. The molecule has 0 radical (unpaired) electrons. The lowest BCUT2D eigenvalue weighted by molar-refractivity contribution is 0.669. The summed E-state index contributed by atoms with van der Waals surface area (Å²) in [7, 11) is 0. The molecule has 2 N–H and O–H groups in total. The highest BCUT2D eigenvalue weighted by Gasteiger charge is 2.08. The zero-order valence-corrected chi connectivity index (χ0v) is 10.4. The summed E-state index contributed by atoms with van der Waals surface area (Å²) >= 11 is 1.65. The van der Waals surface area contributed by atoms with Crippen molar-refractivity contribution in [1.82, 2.24) is 14.0 Å². The highest BCUT2D eigenvalue weighted by atomic mass is 32.1. The van der Waals surface area contributed by atoms with E-state index in [0.29, 0.717) is 0 Å². The van der Waals surface area contributed by atoms with Crippen LogP contribution in [0.3, 0.4) is 0 Å². The van der Waals surface area contributed by atoms with E-state index in [4.69, 9.17) is 5.73 Å². The van der Waals surface area contributed by atoms with E-state index in [1.807, 2.05) is 30.8 Å². The quantitative estimate of drug-likeness (QED) is 0.770. The predicted octanol–water partition coefficient (Wildman–Crippen LogP) is 2.27. The molecule has 3 heterocycles. The summed E-state index contributed by atoms with van der Waals surface area (Å²) in [6.07, 6.45) is 6.14. The molecular formula is C12H14N4S. The summed E-state index contributed by atoms with van der Waals surface area (Å²) in [6.45, 7) is 2.77. The fourth-order valence-corrected chi connectivity index (χ4v) is 2.73. The van der Waals surface area contributed by atoms with Crippen LogP contribution in [0.25, 0.3) is 4.96 Å². The van der Waals surface area contributed by atoms with Gasteiger partial charge in [0.15, 0.2) is 4.96 Å². The van der Waals surface area contributed by atoms with Crippen LogP contribution in [-0.4, -0.2) is 14.0 Å². The lowest BCUT2D eigenvalue weighted by Crippen LogP contribution is -2.12. The first-order valence-electron chi connectivity index (χ1n) is 5.56. The third-order valence-electron chi connectivity index (χ3n) is 2.81. The van der Waals surface area contributed by atoms with Gasteiger partial charge in [-0.2, -0.15) is 0 Å². The summed E-state index contributed by atoms with van der Waals surface area (Å²) in [5.41, 5.74) is 8.13. The number of nitrogens with zero attached hydrogens (tertiary/aromatic N) is 3. The number of imidazole rings is 1. The first kappa shape index (κ1) is 10.6. The SMILES string of the molecule is CC(N)c1cccn1Cc1cn2ccsc2n1. The Labute approximate surface area is 103 Å². The maximum absolute atomic E-state index is 5.92. The highest BCUT2D eigenvalue weighted by molar-refractivity contribution is 7.15. The van der Waals surface area contributed by atoms with Crippen molar-refractivity contribution in [3.63, 3.8) is 0 Å². The standard InChI is InChI=1S/C12H14N4S/c1-9(13)11-3-2-4-15(11)7-10-8-16-5-6-17-12(16)14-10/h2-6,8-9H,7,13H2,1H3. The first-order chi connectivity index (χ1) is 8.24. The molecule has 0 amide bonds. The molecule has 5 heteroatoms. The maximum Gasteiger partial charge on any atom is 0.193 e. The number of fused-ring (bicyclic) bond motifs is 1. The summed E-state index contributed by atoms with van der Waals surface area (Å²) in [6, 6.07) is 4.13. The zero-order chi connectivity index (χ0) is 11.8. The third kappa shape index (κ3) is 1.87. The molecule has 0 fully saturated rings. The van der Waals surface area contributed by atoms with Crippen LogP contribution in [0.1, 0.15) is 24.4 Å². The van der Waals surface area contributed by atoms with Crippen LogP contribution in [0.5, 0.6) is 0 Å². The highest BCUT2D eigenvalue weighted by Crippen LogP contribution is 2.15. The minimum atomic E-state index is 0.0498. The minimum Gasteiger partial charge on any atom is -0.344 e. The Morgan fingerprint density at radius 2 is 2.35 bits per heavy atom. The second-order valence-electron chi connectivity index (χ2n) is 4.17. The molecule has 3 aromatic rings. The fraction of sp³-hybridized carbons (Fsp3) is 0.250. The number of hydrogen-bond acceptors (Lipinski definition) is 3. The molecule has 0 saturated heterocycles. The summed E-state index contributed by atoms with van der Waals surface area (Å²) in [5.74, 6) is 0. The first-order valence-corrected chi connectivity index (χ1v) is 6.43. The van der Waals surface area contributed by atoms with Gasteiger partial charge >= 0.3 is 0 Å². The molecule has 1 unspecified atom stereocenters. The Balaban J connectivity index is 1.91. The normalized spacial score (nSPS) is 13.3. The third-order valence-corrected chi connectivity index (χ3v) is 3.58. The van der Waals surface area contributed by atoms with Gasteiger partial charge in [0, 0.05) is 35.7 Å². The van der Waals surface area contributed by atoms with Gasteiger partial charge in [0.05, 0.1) is 12.2 Å². The Hall–Kier alpha value is -1.59. The predicted molar refractivity (Wildman–Crippen MR) is 69.2 cm³/mol. The smallest absolute Gasteiger partial charge is 0.193 e. The van der Waals surface area contributed by atoms with E-state index in [2.05, 4.69) is 26.2 Å². The lowest BCUT2D eigenvalue weighted by Gasteiger charge is -2.10. The van der Waals surface area contributed by atoms with Crippen LogP contribution >= 0.6 is 11.3 Å². The van der Waals surface area contributed by atoms with E-state index in [1.54, 1.807) is 11.3 Å². The van der Waals surface area contributed by atoms with E-state index >= 15 is 0 Å². The van der Waals surface area contributed by atoms with Gasteiger partial charge in [-0.25, -0.2) is 4.98 Å². The molecular weight excluding hydrogens is 232 g/mol. The molecule has 17 heavy (non-hydrogen) atoms. The molecule has 1 atom stereocenters. The molecule has 88 valence electrons. The number of thiazole rings is 1. The van der Waals surface area contributed by atoms with Crippen LogP contribution in [0.15, 0.2) is 36.1 Å². The van der Waals surface area contributed by atoms with Crippen LogP contribution in [-0.2, 0) is 6.54 Å². The summed E-state index contributed by atoms with van der Waals surface area (Å²) in [4.78, 5) is 5.60. The van der Waals surface area contributed by atoms with Crippen molar-refractivity contribution in [3.8, 4) is 0 Å². The molecule has 0 bridgehead atoms. The van der Waals surface area contributed by atoms with Gasteiger partial charge in [-0.1, -0.05) is 0 Å². The van der Waals surface area contributed by atoms with Crippen molar-refractivity contribution in [2.45, 2.75) is 19.5 Å². The van der Waals surface area contributed by atoms with Crippen molar-refractivity contribution in [2.75, 3.05) is 0 Å². The van der Waals surface area contributed by atoms with Crippen LogP contribution in [0.2, 0.25) is 0 Å². The van der Waals surface area contributed by atoms with E-state index in [-0.39, 0.29) is 6.04 Å². The van der Waals surface area contributed by atoms with E-state index in [0.717, 1.165) is 22.9 Å². The van der Waals surface area contributed by atoms with Crippen LogP contribution in [0, 0.1) is 0 Å². The number of aromatic nitrogens is 3. The Morgan fingerprint density at radius 3 is 3.12 bits per heavy atom. The molecule has 0 spiro atoms. The van der Waals surface area contributed by atoms with Crippen molar-refractivity contribution in [1.29, 1.82) is 0 Å². The molecule has 3 rings (SSSR count). The maximum atomic E-state index is 5.92. The van der Waals surface area contributed by atoms with E-state index < -0.39 is 0 Å². The molecule has 4 nitrogen and oxygen atoms in total. The molecule has 0 aliphatic carbocycles. The molecule has 0 aliphatic heterocycles. The van der Waals surface area contributed by atoms with Gasteiger partial charge in [-0.3, -0.25) is 4.40 Å². The van der Waals surface area contributed by atoms with Crippen LogP contribution in [0.4, 0.5) is 0 Å². The zero-order valence-electron chi connectivity index (χ0n) is 9.58. The Kier molecular flexibility index (Phi) is 2.49. The van der Waals surface area contributed by atoms with Gasteiger partial charge in [-0.05, 0) is 19.1 Å². The van der Waals surface area contributed by atoms with Crippen molar-refractivity contribution >= 4 is 16.3 Å². The van der Waals surface area contributed by atoms with Gasteiger partial charge in [0.25, 0.3) is 0 Å². The second kappa shape index (κ2) is 4.01. The topological polar surface area (TPSA) is 48.2 Å². The number of nitrogens with two attached hydrogens (primary N) is 1. The lowest BCUT2D eigenvalue weighted by atomic mass is 10.2. The molecule has 0 aliphatic rings. The summed E-state index contributed by atoms with van der Waals surface area (Å²) < 4.78 is 4.20. The van der Waals surface area contributed by atoms with E-state index in [9.17, 15) is 0 Å². The summed E-state index contributed by atoms with van der Waals surface area (Å²) in [5, 5.41) is 2.04. The Morgan fingerprint density at radius 1 is 1.47 bits per heavy atom. The van der Waals surface area contributed by atoms with Crippen molar-refractivity contribution in [2.24, 2.45) is 5.73 Å². The second-order valence-corrected chi connectivity index (χ2v) is 5.05. The van der Waals surface area contributed by atoms with Gasteiger partial charge in [0.1, 0.15) is 0 Å². The number of hydrogen-bond donors (Lipinski definition) is 1. The number of rotatable bonds is 3. The largest absolute Gasteiger partial charge is 0.344 e. The van der Waals surface area contributed by atoms with Gasteiger partial charge in [-0.15, -0.1) is 11.3 Å². The minimum absolute atomic E-state index is 0.0498. The average Bonchev–Trinajstić information content (AvgIpc) is 2.91. The van der Waals surface area contributed by atoms with Crippen molar-refractivity contribution in [3.05, 3.63) is 47.5 Å².